The van der Waals surface area contributed by atoms with Gasteiger partial charge in [-0.15, -0.1) is 0 Å². The minimum Gasteiger partial charge on any atom is -0.298 e. The third-order valence-corrected chi connectivity index (χ3v) is 6.19. The Hall–Kier alpha value is -2.19. The van der Waals surface area contributed by atoms with Crippen LogP contribution in [0.3, 0.4) is 0 Å². The van der Waals surface area contributed by atoms with E-state index < -0.39 is 0 Å². The first kappa shape index (κ1) is 18.2. The molecule has 0 atom stereocenters. The molecule has 2 aliphatic rings. The fourth-order valence-corrected chi connectivity index (χ4v) is 4.31. The number of fused-ring (bicyclic) bond motifs is 1. The Balaban J connectivity index is 1.46. The minimum atomic E-state index is -0.172. The minimum absolute atomic E-state index is 0.172. The Morgan fingerprint density at radius 1 is 1.07 bits per heavy atom. The molecule has 0 saturated carbocycles. The number of rotatable bonds is 5. The second-order valence-electron chi connectivity index (χ2n) is 8.26. The van der Waals surface area contributed by atoms with Gasteiger partial charge in [-0.25, -0.2) is 4.39 Å². The number of aryl methyl sites for hydroxylation is 1. The Kier molecular flexibility index (Phi) is 5.01. The number of nitrogens with zero attached hydrogens (tertiary/aromatic N) is 1. The summed E-state index contributed by atoms with van der Waals surface area (Å²) in [6, 6.07) is 13.7. The van der Waals surface area contributed by atoms with Crippen LogP contribution in [-0.2, 0) is 12.8 Å². The molecule has 1 fully saturated rings. The molecule has 1 aliphatic carbocycles. The van der Waals surface area contributed by atoms with Crippen LogP contribution in [0.4, 0.5) is 4.39 Å². The highest BCUT2D eigenvalue weighted by atomic mass is 19.1. The van der Waals surface area contributed by atoms with E-state index in [0.717, 1.165) is 44.5 Å². The fourth-order valence-electron chi connectivity index (χ4n) is 4.31. The van der Waals surface area contributed by atoms with Crippen molar-refractivity contribution >= 4 is 5.57 Å². The molecule has 4 rings (SSSR count). The topological polar surface area (TPSA) is 3.24 Å². The summed E-state index contributed by atoms with van der Waals surface area (Å²) >= 11 is 0. The Morgan fingerprint density at radius 2 is 1.78 bits per heavy atom. The normalized spacial score (nSPS) is 17.6. The third-order valence-electron chi connectivity index (χ3n) is 6.19. The van der Waals surface area contributed by atoms with E-state index in [1.165, 1.54) is 27.8 Å². The van der Waals surface area contributed by atoms with E-state index in [2.05, 4.69) is 43.5 Å². The summed E-state index contributed by atoms with van der Waals surface area (Å²) in [6.07, 6.45) is 3.14. The molecular formula is C25H28FN. The number of likely N-dealkylation sites (tertiary alicyclic amines) is 1. The van der Waals surface area contributed by atoms with Crippen LogP contribution in [-0.4, -0.2) is 24.5 Å². The maximum atomic E-state index is 13.1. The predicted molar refractivity (Wildman–Crippen MR) is 111 cm³/mol. The van der Waals surface area contributed by atoms with Gasteiger partial charge in [0.15, 0.2) is 0 Å². The van der Waals surface area contributed by atoms with Crippen LogP contribution in [0, 0.1) is 11.7 Å². The molecule has 2 aromatic carbocycles. The van der Waals surface area contributed by atoms with Crippen molar-refractivity contribution in [2.75, 3.05) is 19.6 Å². The first-order valence-electron chi connectivity index (χ1n) is 9.92. The summed E-state index contributed by atoms with van der Waals surface area (Å²) in [5.41, 5.74) is 9.71. The Bertz CT molecular complexity index is 885. The monoisotopic (exact) mass is 361 g/mol. The SMILES string of the molecule is C=C(C)C1CN(CC2=C(C)c3ccc(Cc4ccc(F)cc4)cc3CC2)C1. The van der Waals surface area contributed by atoms with Crippen LogP contribution in [0.5, 0.6) is 0 Å². The van der Waals surface area contributed by atoms with Gasteiger partial charge in [0.1, 0.15) is 5.82 Å². The molecule has 1 aliphatic heterocycles. The van der Waals surface area contributed by atoms with Gasteiger partial charge < -0.3 is 0 Å². The van der Waals surface area contributed by atoms with E-state index in [-0.39, 0.29) is 5.82 Å². The maximum absolute atomic E-state index is 13.1. The van der Waals surface area contributed by atoms with Crippen molar-refractivity contribution in [1.82, 2.24) is 4.90 Å². The number of hydrogen-bond donors (Lipinski definition) is 0. The largest absolute Gasteiger partial charge is 0.298 e. The fraction of sp³-hybridized carbons (Fsp3) is 0.360. The van der Waals surface area contributed by atoms with Gasteiger partial charge in [-0.1, -0.05) is 48.1 Å². The second kappa shape index (κ2) is 7.44. The molecule has 27 heavy (non-hydrogen) atoms. The first-order valence-corrected chi connectivity index (χ1v) is 9.92. The molecular weight excluding hydrogens is 333 g/mol. The van der Waals surface area contributed by atoms with Crippen LogP contribution in [0.2, 0.25) is 0 Å². The predicted octanol–water partition coefficient (Wildman–Crippen LogP) is 5.64. The van der Waals surface area contributed by atoms with Crippen LogP contribution in [0.1, 0.15) is 42.5 Å². The number of hydrogen-bond acceptors (Lipinski definition) is 1. The van der Waals surface area contributed by atoms with Gasteiger partial charge >= 0.3 is 0 Å². The van der Waals surface area contributed by atoms with Gasteiger partial charge in [-0.3, -0.25) is 4.90 Å². The van der Waals surface area contributed by atoms with E-state index in [0.29, 0.717) is 5.92 Å². The number of halogens is 1. The van der Waals surface area contributed by atoms with Crippen molar-refractivity contribution in [2.45, 2.75) is 33.1 Å². The molecule has 0 unspecified atom stereocenters. The van der Waals surface area contributed by atoms with Crippen molar-refractivity contribution in [1.29, 1.82) is 0 Å². The van der Waals surface area contributed by atoms with Crippen molar-refractivity contribution < 1.29 is 4.39 Å². The van der Waals surface area contributed by atoms with Crippen LogP contribution < -0.4 is 0 Å². The van der Waals surface area contributed by atoms with E-state index in [9.17, 15) is 4.39 Å². The number of allylic oxidation sites excluding steroid dienone is 1. The van der Waals surface area contributed by atoms with Crippen molar-refractivity contribution in [3.8, 4) is 0 Å². The molecule has 2 heteroatoms. The zero-order valence-corrected chi connectivity index (χ0v) is 16.4. The van der Waals surface area contributed by atoms with Gasteiger partial charge in [0.2, 0.25) is 0 Å². The van der Waals surface area contributed by atoms with Crippen molar-refractivity contribution in [3.05, 3.63) is 88.3 Å². The molecule has 140 valence electrons. The highest BCUT2D eigenvalue weighted by Gasteiger charge is 2.28. The summed E-state index contributed by atoms with van der Waals surface area (Å²) in [5, 5.41) is 0. The smallest absolute Gasteiger partial charge is 0.123 e. The van der Waals surface area contributed by atoms with E-state index in [1.807, 2.05) is 12.1 Å². The molecule has 0 bridgehead atoms. The summed E-state index contributed by atoms with van der Waals surface area (Å²) in [4.78, 5) is 2.55. The highest BCUT2D eigenvalue weighted by molar-refractivity contribution is 5.72. The quantitative estimate of drug-likeness (QED) is 0.623. The summed E-state index contributed by atoms with van der Waals surface area (Å²) in [7, 11) is 0. The Morgan fingerprint density at radius 3 is 2.48 bits per heavy atom. The number of benzene rings is 2. The maximum Gasteiger partial charge on any atom is 0.123 e. The molecule has 0 N–H and O–H groups in total. The lowest BCUT2D eigenvalue weighted by Crippen LogP contribution is -2.47. The summed E-state index contributed by atoms with van der Waals surface area (Å²) in [5.74, 6) is 0.519. The Labute approximate surface area is 162 Å². The van der Waals surface area contributed by atoms with Gasteiger partial charge in [0.05, 0.1) is 0 Å². The van der Waals surface area contributed by atoms with Gasteiger partial charge in [-0.05, 0) is 73.1 Å². The van der Waals surface area contributed by atoms with E-state index >= 15 is 0 Å². The zero-order chi connectivity index (χ0) is 19.0. The lowest BCUT2D eigenvalue weighted by atomic mass is 9.83. The average Bonchev–Trinajstić information content (AvgIpc) is 2.61. The first-order chi connectivity index (χ1) is 13.0. The average molecular weight is 362 g/mol. The standard InChI is InChI=1S/C25H28FN/c1-17(2)23-15-27(16-23)14-22-8-7-21-13-20(6-11-25(21)18(22)3)12-19-4-9-24(26)10-5-19/h4-6,9-11,13,23H,1,7-8,12,14-16H2,2-3H3. The van der Waals surface area contributed by atoms with Crippen molar-refractivity contribution in [3.63, 3.8) is 0 Å². The molecule has 1 nitrogen and oxygen atoms in total. The molecule has 0 aromatic heterocycles. The third kappa shape index (κ3) is 3.91. The summed E-state index contributed by atoms with van der Waals surface area (Å²) in [6.45, 7) is 11.9. The van der Waals surface area contributed by atoms with E-state index in [4.69, 9.17) is 0 Å². The van der Waals surface area contributed by atoms with Gasteiger partial charge in [0.25, 0.3) is 0 Å². The molecule has 0 amide bonds. The second-order valence-corrected chi connectivity index (χ2v) is 8.26. The lowest BCUT2D eigenvalue weighted by molar-refractivity contribution is 0.136. The molecule has 1 saturated heterocycles. The molecule has 2 aromatic rings. The van der Waals surface area contributed by atoms with Gasteiger partial charge in [-0.2, -0.15) is 0 Å². The lowest BCUT2D eigenvalue weighted by Gasteiger charge is -2.41. The molecule has 1 heterocycles. The molecule has 0 radical (unpaired) electrons. The van der Waals surface area contributed by atoms with Crippen LogP contribution >= 0.6 is 0 Å². The summed E-state index contributed by atoms with van der Waals surface area (Å²) < 4.78 is 13.1. The zero-order valence-electron chi connectivity index (χ0n) is 16.4. The highest BCUT2D eigenvalue weighted by Crippen LogP contribution is 2.34. The van der Waals surface area contributed by atoms with Crippen molar-refractivity contribution in [2.24, 2.45) is 5.92 Å². The van der Waals surface area contributed by atoms with E-state index in [1.54, 1.807) is 17.7 Å². The van der Waals surface area contributed by atoms with Gasteiger partial charge in [0, 0.05) is 25.6 Å². The van der Waals surface area contributed by atoms with Crippen LogP contribution in [0.25, 0.3) is 5.57 Å². The molecule has 0 spiro atoms. The van der Waals surface area contributed by atoms with Crippen LogP contribution in [0.15, 0.2) is 60.2 Å².